The molecule has 0 radical (unpaired) electrons. The van der Waals surface area contributed by atoms with E-state index in [0.717, 1.165) is 49.0 Å². The maximum atomic E-state index is 12.5. The first-order chi connectivity index (χ1) is 11.1. The molecule has 122 valence electrons. The van der Waals surface area contributed by atoms with Crippen LogP contribution in [0.3, 0.4) is 0 Å². The third-order valence-electron chi connectivity index (χ3n) is 4.51. The summed E-state index contributed by atoms with van der Waals surface area (Å²) in [6, 6.07) is 5.64. The molecule has 2 aromatic heterocycles. The summed E-state index contributed by atoms with van der Waals surface area (Å²) in [6.07, 6.45) is 5.51. The van der Waals surface area contributed by atoms with Crippen LogP contribution in [0.4, 0.5) is 5.82 Å². The normalized spacial score (nSPS) is 15.7. The number of piperidine rings is 1. The summed E-state index contributed by atoms with van der Waals surface area (Å²) < 4.78 is 5.27. The number of likely N-dealkylation sites (tertiary alicyclic amines) is 1. The van der Waals surface area contributed by atoms with E-state index in [0.29, 0.717) is 12.1 Å². The number of carbonyl (C=O) groups is 1. The first-order valence-electron chi connectivity index (χ1n) is 8.15. The number of hydrogen-bond acceptors (Lipinski definition) is 4. The van der Waals surface area contributed by atoms with Crippen molar-refractivity contribution in [2.45, 2.75) is 33.2 Å². The van der Waals surface area contributed by atoms with Crippen LogP contribution in [0.2, 0.25) is 0 Å². The van der Waals surface area contributed by atoms with Gasteiger partial charge in [0.1, 0.15) is 11.6 Å². The van der Waals surface area contributed by atoms with Gasteiger partial charge in [0.05, 0.1) is 11.8 Å². The number of amides is 1. The van der Waals surface area contributed by atoms with E-state index in [1.807, 2.05) is 30.0 Å². The predicted molar refractivity (Wildman–Crippen MR) is 89.3 cm³/mol. The molecule has 2 aromatic rings. The van der Waals surface area contributed by atoms with Gasteiger partial charge in [0.25, 0.3) is 5.91 Å². The highest BCUT2D eigenvalue weighted by molar-refractivity contribution is 5.94. The second-order valence-electron chi connectivity index (χ2n) is 6.26. The van der Waals surface area contributed by atoms with Gasteiger partial charge in [-0.25, -0.2) is 4.98 Å². The van der Waals surface area contributed by atoms with Crippen molar-refractivity contribution in [3.05, 3.63) is 47.5 Å². The molecule has 1 saturated heterocycles. The zero-order valence-electron chi connectivity index (χ0n) is 13.7. The largest absolute Gasteiger partial charge is 0.469 e. The molecule has 0 saturated carbocycles. The Morgan fingerprint density at radius 2 is 2.13 bits per heavy atom. The Morgan fingerprint density at radius 1 is 1.35 bits per heavy atom. The van der Waals surface area contributed by atoms with Crippen LogP contribution in [-0.4, -0.2) is 28.9 Å². The van der Waals surface area contributed by atoms with E-state index in [2.05, 4.69) is 17.2 Å². The van der Waals surface area contributed by atoms with Crippen molar-refractivity contribution in [1.29, 1.82) is 0 Å². The number of pyridine rings is 1. The standard InChI is InChI=1S/C18H23N3O2/c1-13-5-8-21(9-6-13)18(22)16-3-4-17(20-12-16)19-11-15-7-10-23-14(15)2/h3-4,7,10,12-13H,5-6,8-9,11H2,1-2H3,(H,19,20). The summed E-state index contributed by atoms with van der Waals surface area (Å²) in [7, 11) is 0. The molecule has 1 aliphatic heterocycles. The van der Waals surface area contributed by atoms with E-state index in [4.69, 9.17) is 4.42 Å². The molecule has 5 heteroatoms. The summed E-state index contributed by atoms with van der Waals surface area (Å²) in [5.74, 6) is 2.47. The van der Waals surface area contributed by atoms with E-state index in [9.17, 15) is 4.79 Å². The minimum atomic E-state index is 0.0848. The molecule has 0 unspecified atom stereocenters. The molecule has 23 heavy (non-hydrogen) atoms. The van der Waals surface area contributed by atoms with Gasteiger partial charge in [0.15, 0.2) is 0 Å². The molecule has 0 aliphatic carbocycles. The summed E-state index contributed by atoms with van der Waals surface area (Å²) in [6.45, 7) is 6.53. The van der Waals surface area contributed by atoms with Gasteiger partial charge in [-0.3, -0.25) is 4.79 Å². The molecular weight excluding hydrogens is 290 g/mol. The molecule has 5 nitrogen and oxygen atoms in total. The molecule has 0 spiro atoms. The van der Waals surface area contributed by atoms with Crippen LogP contribution in [0.25, 0.3) is 0 Å². The smallest absolute Gasteiger partial charge is 0.255 e. The van der Waals surface area contributed by atoms with Crippen molar-refractivity contribution in [3.63, 3.8) is 0 Å². The number of anilines is 1. The molecule has 1 N–H and O–H groups in total. The van der Waals surface area contributed by atoms with E-state index >= 15 is 0 Å². The van der Waals surface area contributed by atoms with Gasteiger partial charge in [-0.1, -0.05) is 6.92 Å². The number of hydrogen-bond donors (Lipinski definition) is 1. The molecule has 1 aliphatic rings. The van der Waals surface area contributed by atoms with Gasteiger partial charge in [-0.2, -0.15) is 0 Å². The average Bonchev–Trinajstić information content (AvgIpc) is 2.99. The molecule has 1 fully saturated rings. The molecule has 0 bridgehead atoms. The van der Waals surface area contributed by atoms with Gasteiger partial charge in [0, 0.05) is 31.4 Å². The molecule has 3 rings (SSSR count). The van der Waals surface area contributed by atoms with Crippen molar-refractivity contribution in [3.8, 4) is 0 Å². The van der Waals surface area contributed by atoms with Crippen molar-refractivity contribution < 1.29 is 9.21 Å². The molecule has 1 amide bonds. The number of carbonyl (C=O) groups excluding carboxylic acids is 1. The lowest BCUT2D eigenvalue weighted by Crippen LogP contribution is -2.37. The average molecular weight is 313 g/mol. The third-order valence-corrected chi connectivity index (χ3v) is 4.51. The Balaban J connectivity index is 1.58. The Kier molecular flexibility index (Phi) is 4.65. The van der Waals surface area contributed by atoms with Crippen LogP contribution < -0.4 is 5.32 Å². The number of rotatable bonds is 4. The molecule has 3 heterocycles. The first kappa shape index (κ1) is 15.6. The van der Waals surface area contributed by atoms with Crippen molar-refractivity contribution in [2.24, 2.45) is 5.92 Å². The van der Waals surface area contributed by atoms with E-state index in [1.165, 1.54) is 0 Å². The zero-order chi connectivity index (χ0) is 16.2. The van der Waals surface area contributed by atoms with Gasteiger partial charge in [0.2, 0.25) is 0 Å². The van der Waals surface area contributed by atoms with Crippen molar-refractivity contribution in [2.75, 3.05) is 18.4 Å². The highest BCUT2D eigenvalue weighted by Gasteiger charge is 2.21. The van der Waals surface area contributed by atoms with Crippen molar-refractivity contribution >= 4 is 11.7 Å². The number of nitrogens with one attached hydrogen (secondary N) is 1. The molecular formula is C18H23N3O2. The fourth-order valence-corrected chi connectivity index (χ4v) is 2.80. The van der Waals surface area contributed by atoms with Gasteiger partial charge < -0.3 is 14.6 Å². The molecule has 0 atom stereocenters. The number of aromatic nitrogens is 1. The maximum Gasteiger partial charge on any atom is 0.255 e. The van der Waals surface area contributed by atoms with Gasteiger partial charge in [-0.15, -0.1) is 0 Å². The summed E-state index contributed by atoms with van der Waals surface area (Å²) in [4.78, 5) is 18.7. The topological polar surface area (TPSA) is 58.4 Å². The van der Waals surface area contributed by atoms with E-state index in [1.54, 1.807) is 12.5 Å². The fourth-order valence-electron chi connectivity index (χ4n) is 2.80. The lowest BCUT2D eigenvalue weighted by molar-refractivity contribution is 0.0697. The SMILES string of the molecule is Cc1occc1CNc1ccc(C(=O)N2CCC(C)CC2)cn1. The Bertz CT molecular complexity index is 655. The Hall–Kier alpha value is -2.30. The zero-order valence-corrected chi connectivity index (χ0v) is 13.7. The van der Waals surface area contributed by atoms with Crippen LogP contribution in [0.5, 0.6) is 0 Å². The lowest BCUT2D eigenvalue weighted by Gasteiger charge is -2.30. The highest BCUT2D eigenvalue weighted by Crippen LogP contribution is 2.18. The predicted octanol–water partition coefficient (Wildman–Crippen LogP) is 3.47. The Morgan fingerprint density at radius 3 is 2.74 bits per heavy atom. The van der Waals surface area contributed by atoms with Crippen LogP contribution in [0.1, 0.15) is 41.4 Å². The van der Waals surface area contributed by atoms with Crippen LogP contribution in [0.15, 0.2) is 35.1 Å². The fraction of sp³-hybridized carbons (Fsp3) is 0.444. The summed E-state index contributed by atoms with van der Waals surface area (Å²) >= 11 is 0. The number of nitrogens with zero attached hydrogens (tertiary/aromatic N) is 2. The van der Waals surface area contributed by atoms with Crippen molar-refractivity contribution in [1.82, 2.24) is 9.88 Å². The number of furan rings is 1. The highest BCUT2D eigenvalue weighted by atomic mass is 16.3. The van der Waals surface area contributed by atoms with Crippen LogP contribution in [0, 0.1) is 12.8 Å². The Labute approximate surface area is 136 Å². The number of aryl methyl sites for hydroxylation is 1. The first-order valence-corrected chi connectivity index (χ1v) is 8.15. The third kappa shape index (κ3) is 3.73. The second kappa shape index (κ2) is 6.86. The quantitative estimate of drug-likeness (QED) is 0.939. The minimum Gasteiger partial charge on any atom is -0.469 e. The maximum absolute atomic E-state index is 12.5. The van der Waals surface area contributed by atoms with E-state index < -0.39 is 0 Å². The van der Waals surface area contributed by atoms with Gasteiger partial charge >= 0.3 is 0 Å². The van der Waals surface area contributed by atoms with Crippen LogP contribution >= 0.6 is 0 Å². The second-order valence-corrected chi connectivity index (χ2v) is 6.26. The summed E-state index contributed by atoms with van der Waals surface area (Å²) in [5.41, 5.74) is 1.76. The minimum absolute atomic E-state index is 0.0848. The van der Waals surface area contributed by atoms with Crippen LogP contribution in [-0.2, 0) is 6.54 Å². The summed E-state index contributed by atoms with van der Waals surface area (Å²) in [5, 5.41) is 3.24. The van der Waals surface area contributed by atoms with E-state index in [-0.39, 0.29) is 5.91 Å². The van der Waals surface area contributed by atoms with Gasteiger partial charge in [-0.05, 0) is 43.9 Å². The lowest BCUT2D eigenvalue weighted by atomic mass is 9.99. The monoisotopic (exact) mass is 313 g/mol. The molecule has 0 aromatic carbocycles.